The average molecular weight is 449 g/mol. The molecule has 188 valence electrons. The number of rotatable bonds is 5. The molecule has 3 saturated carbocycles. The molecule has 32 heavy (non-hydrogen) atoms. The maximum atomic E-state index is 12.3. The lowest BCUT2D eigenvalue weighted by atomic mass is 9.50. The number of fused-ring (bicyclic) bond motifs is 3. The highest BCUT2D eigenvalue weighted by molar-refractivity contribution is 5.78. The largest absolute Gasteiger partial charge is 0.393 e. The number of ketones is 1. The molecule has 3 aliphatic rings. The fraction of sp³-hybridized carbons (Fsp3) is 0.967. The van der Waals surface area contributed by atoms with Crippen molar-refractivity contribution in [1.29, 1.82) is 0 Å². The van der Waals surface area contributed by atoms with E-state index in [4.69, 9.17) is 0 Å². The number of aliphatic hydroxyl groups is 1. The van der Waals surface area contributed by atoms with Crippen molar-refractivity contribution in [2.45, 2.75) is 139 Å². The van der Waals surface area contributed by atoms with E-state index in [1.807, 2.05) is 13.8 Å². The normalized spacial score (nSPS) is 38.3. The first kappa shape index (κ1) is 27.9. The van der Waals surface area contributed by atoms with E-state index in [9.17, 15) is 9.90 Å². The molecule has 7 atom stereocenters. The van der Waals surface area contributed by atoms with Gasteiger partial charge < -0.3 is 5.11 Å². The molecule has 1 N–H and O–H groups in total. The van der Waals surface area contributed by atoms with Crippen LogP contribution in [-0.2, 0) is 4.79 Å². The van der Waals surface area contributed by atoms with Crippen LogP contribution in [0.3, 0.4) is 0 Å². The smallest absolute Gasteiger partial charge is 0.132 e. The van der Waals surface area contributed by atoms with Crippen molar-refractivity contribution in [3.8, 4) is 0 Å². The van der Waals surface area contributed by atoms with Crippen molar-refractivity contribution in [3.63, 3.8) is 0 Å². The van der Waals surface area contributed by atoms with Crippen molar-refractivity contribution in [1.82, 2.24) is 0 Å². The van der Waals surface area contributed by atoms with E-state index in [1.54, 1.807) is 0 Å². The Morgan fingerprint density at radius 2 is 1.59 bits per heavy atom. The second-order valence-corrected chi connectivity index (χ2v) is 12.8. The van der Waals surface area contributed by atoms with Crippen LogP contribution in [0.25, 0.3) is 0 Å². The molecule has 0 aromatic rings. The highest BCUT2D eigenvalue weighted by atomic mass is 16.3. The molecule has 0 aromatic carbocycles. The number of aliphatic hydroxyl groups excluding tert-OH is 1. The Labute approximate surface area is 200 Å². The quantitative estimate of drug-likeness (QED) is 0.458. The van der Waals surface area contributed by atoms with Crippen LogP contribution >= 0.6 is 0 Å². The van der Waals surface area contributed by atoms with E-state index >= 15 is 0 Å². The summed E-state index contributed by atoms with van der Waals surface area (Å²) in [6, 6.07) is 0. The van der Waals surface area contributed by atoms with Crippen LogP contribution in [0.1, 0.15) is 132 Å². The maximum Gasteiger partial charge on any atom is 0.132 e. The number of hydrogen-bond donors (Lipinski definition) is 1. The summed E-state index contributed by atoms with van der Waals surface area (Å²) < 4.78 is 0. The van der Waals surface area contributed by atoms with E-state index in [2.05, 4.69) is 41.5 Å². The standard InChI is InChI=1S/C28H50O2.C2H6/c1-19(2)9-7-10-20(3)22-13-14-24-26-23(16-18-28(22,24)6)27(4,5)17-15-21(29)11-8-12-25(26)30;1-2/h19-20,22-26,30H,7-18H2,1-6H3;1-2H3. The van der Waals surface area contributed by atoms with Gasteiger partial charge in [0.2, 0.25) is 0 Å². The SMILES string of the molecule is CC.CC(C)CCCC(C)C1CCC2C3C(O)CCCC(=O)CCC(C)(C)C3CCC12C. The van der Waals surface area contributed by atoms with Gasteiger partial charge in [-0.05, 0) is 91.3 Å². The monoisotopic (exact) mass is 448 g/mol. The van der Waals surface area contributed by atoms with Gasteiger partial charge in [-0.2, -0.15) is 0 Å². The van der Waals surface area contributed by atoms with Crippen molar-refractivity contribution >= 4 is 5.78 Å². The molecule has 0 aliphatic heterocycles. The third kappa shape index (κ3) is 6.19. The van der Waals surface area contributed by atoms with Crippen molar-refractivity contribution in [3.05, 3.63) is 0 Å². The summed E-state index contributed by atoms with van der Waals surface area (Å²) in [5.74, 6) is 4.50. The van der Waals surface area contributed by atoms with Gasteiger partial charge in [0.05, 0.1) is 6.10 Å². The Kier molecular flexibility index (Phi) is 10.3. The second kappa shape index (κ2) is 11.9. The van der Waals surface area contributed by atoms with Gasteiger partial charge in [0.25, 0.3) is 0 Å². The van der Waals surface area contributed by atoms with Gasteiger partial charge in [0.15, 0.2) is 0 Å². The highest BCUT2D eigenvalue weighted by Crippen LogP contribution is 2.64. The van der Waals surface area contributed by atoms with Crippen LogP contribution in [0.15, 0.2) is 0 Å². The van der Waals surface area contributed by atoms with Crippen LogP contribution in [0.4, 0.5) is 0 Å². The van der Waals surface area contributed by atoms with Crippen LogP contribution in [0.5, 0.6) is 0 Å². The van der Waals surface area contributed by atoms with Gasteiger partial charge in [0.1, 0.15) is 5.78 Å². The molecular formula is C30H56O2. The van der Waals surface area contributed by atoms with Gasteiger partial charge in [-0.15, -0.1) is 0 Å². The first-order valence-corrected chi connectivity index (χ1v) is 14.3. The minimum absolute atomic E-state index is 0.154. The third-order valence-electron chi connectivity index (χ3n) is 9.99. The van der Waals surface area contributed by atoms with Crippen LogP contribution in [-0.4, -0.2) is 17.0 Å². The molecule has 3 rings (SSSR count). The van der Waals surface area contributed by atoms with Crippen molar-refractivity contribution < 1.29 is 9.90 Å². The molecule has 0 heterocycles. The van der Waals surface area contributed by atoms with Crippen molar-refractivity contribution in [2.75, 3.05) is 0 Å². The van der Waals surface area contributed by atoms with Gasteiger partial charge in [-0.3, -0.25) is 4.79 Å². The Hall–Kier alpha value is -0.370. The molecule has 2 heteroatoms. The number of carbonyl (C=O) groups excluding carboxylic acids is 1. The van der Waals surface area contributed by atoms with Crippen LogP contribution in [0, 0.1) is 46.3 Å². The predicted molar refractivity (Wildman–Crippen MR) is 138 cm³/mol. The number of hydrogen-bond acceptors (Lipinski definition) is 2. The molecular weight excluding hydrogens is 392 g/mol. The molecule has 0 spiro atoms. The molecule has 0 aromatic heterocycles. The average Bonchev–Trinajstić information content (AvgIpc) is 3.09. The highest BCUT2D eigenvalue weighted by Gasteiger charge is 2.58. The number of Topliss-reactive ketones (excluding diaryl/α,β-unsaturated/α-hetero) is 1. The van der Waals surface area contributed by atoms with Gasteiger partial charge in [-0.1, -0.05) is 74.7 Å². The zero-order chi connectivity index (χ0) is 24.1. The third-order valence-corrected chi connectivity index (χ3v) is 9.99. The minimum Gasteiger partial charge on any atom is -0.393 e. The van der Waals surface area contributed by atoms with E-state index in [0.717, 1.165) is 43.4 Å². The first-order chi connectivity index (χ1) is 15.1. The van der Waals surface area contributed by atoms with E-state index in [-0.39, 0.29) is 11.5 Å². The van der Waals surface area contributed by atoms with Gasteiger partial charge in [0, 0.05) is 12.8 Å². The molecule has 2 nitrogen and oxygen atoms in total. The van der Waals surface area contributed by atoms with E-state index in [1.165, 1.54) is 44.9 Å². The molecule has 0 saturated heterocycles. The fourth-order valence-corrected chi connectivity index (χ4v) is 8.14. The summed E-state index contributed by atoms with van der Waals surface area (Å²) in [7, 11) is 0. The van der Waals surface area contributed by atoms with Crippen LogP contribution in [0.2, 0.25) is 0 Å². The lowest BCUT2D eigenvalue weighted by Gasteiger charge is -2.55. The molecule has 0 radical (unpaired) electrons. The molecule has 3 fully saturated rings. The predicted octanol–water partition coefficient (Wildman–Crippen LogP) is 8.45. The second-order valence-electron chi connectivity index (χ2n) is 12.8. The van der Waals surface area contributed by atoms with Crippen LogP contribution < -0.4 is 0 Å². The lowest BCUT2D eigenvalue weighted by Crippen LogP contribution is -2.51. The fourth-order valence-electron chi connectivity index (χ4n) is 8.14. The summed E-state index contributed by atoms with van der Waals surface area (Å²) in [5.41, 5.74) is 0.552. The minimum atomic E-state index is -0.222. The van der Waals surface area contributed by atoms with E-state index < -0.39 is 0 Å². The Balaban J connectivity index is 0.00000176. The zero-order valence-electron chi connectivity index (χ0n) is 22.9. The summed E-state index contributed by atoms with van der Waals surface area (Å²) in [6.45, 7) is 18.6. The molecule has 3 aliphatic carbocycles. The molecule has 0 bridgehead atoms. The Morgan fingerprint density at radius 3 is 2.25 bits per heavy atom. The summed E-state index contributed by atoms with van der Waals surface area (Å²) in [5, 5.41) is 11.4. The Bertz CT molecular complexity index is 579. The maximum absolute atomic E-state index is 12.3. The zero-order valence-corrected chi connectivity index (χ0v) is 22.9. The molecule has 0 amide bonds. The topological polar surface area (TPSA) is 37.3 Å². The van der Waals surface area contributed by atoms with E-state index in [0.29, 0.717) is 35.4 Å². The summed E-state index contributed by atoms with van der Waals surface area (Å²) in [4.78, 5) is 12.3. The molecule has 7 unspecified atom stereocenters. The number of carbonyl (C=O) groups is 1. The summed E-state index contributed by atoms with van der Waals surface area (Å²) in [6.07, 6.45) is 13.2. The Morgan fingerprint density at radius 1 is 0.906 bits per heavy atom. The first-order valence-electron chi connectivity index (χ1n) is 14.3. The lowest BCUT2D eigenvalue weighted by molar-refractivity contribution is -0.124. The van der Waals surface area contributed by atoms with Gasteiger partial charge >= 0.3 is 0 Å². The van der Waals surface area contributed by atoms with Crippen molar-refractivity contribution in [2.24, 2.45) is 46.3 Å². The summed E-state index contributed by atoms with van der Waals surface area (Å²) >= 11 is 0. The van der Waals surface area contributed by atoms with Gasteiger partial charge in [-0.25, -0.2) is 0 Å².